The maximum Gasteiger partial charge on any atom is 0.165 e. The van der Waals surface area contributed by atoms with Crippen molar-refractivity contribution in [3.05, 3.63) is 42.0 Å². The summed E-state index contributed by atoms with van der Waals surface area (Å²) in [4.78, 5) is 4.20. The molecule has 0 aliphatic heterocycles. The zero-order valence-electron chi connectivity index (χ0n) is 10.5. The lowest BCUT2D eigenvalue weighted by molar-refractivity contribution is 0.282. The fourth-order valence-electron chi connectivity index (χ4n) is 1.67. The van der Waals surface area contributed by atoms with Crippen LogP contribution in [0.5, 0.6) is 5.75 Å². The van der Waals surface area contributed by atoms with Gasteiger partial charge in [-0.25, -0.2) is 9.67 Å². The number of halogens is 1. The second kappa shape index (κ2) is 5.87. The van der Waals surface area contributed by atoms with Gasteiger partial charge < -0.3 is 4.74 Å². The van der Waals surface area contributed by atoms with Crippen molar-refractivity contribution in [2.24, 2.45) is 0 Å². The molecule has 0 saturated heterocycles. The number of aromatic nitrogens is 3. The molecular formula is C13H16ClN3O. The molecule has 1 aromatic carbocycles. The third-order valence-corrected chi connectivity index (χ3v) is 2.87. The highest BCUT2D eigenvalue weighted by molar-refractivity contribution is 6.17. The number of ether oxygens (including phenoxy) is 1. The van der Waals surface area contributed by atoms with E-state index in [-0.39, 0.29) is 6.04 Å². The van der Waals surface area contributed by atoms with Crippen LogP contribution < -0.4 is 4.74 Å². The zero-order valence-corrected chi connectivity index (χ0v) is 11.3. The van der Waals surface area contributed by atoms with Crippen molar-refractivity contribution in [2.75, 3.05) is 0 Å². The highest BCUT2D eigenvalue weighted by atomic mass is 35.5. The first kappa shape index (κ1) is 12.9. The van der Waals surface area contributed by atoms with Gasteiger partial charge in [-0.2, -0.15) is 5.10 Å². The monoisotopic (exact) mass is 265 g/mol. The number of benzene rings is 1. The van der Waals surface area contributed by atoms with Crippen molar-refractivity contribution < 1.29 is 4.74 Å². The largest absolute Gasteiger partial charge is 0.486 e. The second-order valence-corrected chi connectivity index (χ2v) is 4.55. The SMILES string of the molecule is CC(C)n1ncnc1COc1cccc(CCl)c1. The Kier molecular flexibility index (Phi) is 4.20. The average molecular weight is 266 g/mol. The summed E-state index contributed by atoms with van der Waals surface area (Å²) in [5.41, 5.74) is 1.04. The van der Waals surface area contributed by atoms with Crippen LogP contribution in [0.15, 0.2) is 30.6 Å². The molecule has 4 nitrogen and oxygen atoms in total. The molecule has 5 heteroatoms. The van der Waals surface area contributed by atoms with Crippen LogP contribution in [0.1, 0.15) is 31.3 Å². The Labute approximate surface area is 112 Å². The number of hydrogen-bond donors (Lipinski definition) is 0. The number of rotatable bonds is 5. The first-order chi connectivity index (χ1) is 8.70. The van der Waals surface area contributed by atoms with Crippen molar-refractivity contribution >= 4 is 11.6 Å². The van der Waals surface area contributed by atoms with Crippen LogP contribution >= 0.6 is 11.6 Å². The molecule has 0 fully saturated rings. The highest BCUT2D eigenvalue weighted by Crippen LogP contribution is 2.16. The van der Waals surface area contributed by atoms with E-state index in [0.717, 1.165) is 17.1 Å². The van der Waals surface area contributed by atoms with E-state index in [1.165, 1.54) is 0 Å². The number of nitrogens with zero attached hydrogens (tertiary/aromatic N) is 3. The zero-order chi connectivity index (χ0) is 13.0. The van der Waals surface area contributed by atoms with E-state index in [1.54, 1.807) is 6.33 Å². The quantitative estimate of drug-likeness (QED) is 0.780. The van der Waals surface area contributed by atoms with Crippen molar-refractivity contribution in [1.82, 2.24) is 14.8 Å². The van der Waals surface area contributed by atoms with Crippen molar-refractivity contribution in [3.63, 3.8) is 0 Å². The molecule has 0 saturated carbocycles. The molecule has 0 aliphatic carbocycles. The summed E-state index contributed by atoms with van der Waals surface area (Å²) in [6.45, 7) is 4.53. The summed E-state index contributed by atoms with van der Waals surface area (Å²) in [6, 6.07) is 8.02. The van der Waals surface area contributed by atoms with Gasteiger partial charge in [-0.1, -0.05) is 12.1 Å². The van der Waals surface area contributed by atoms with Crippen molar-refractivity contribution in [3.8, 4) is 5.75 Å². The molecule has 2 aromatic rings. The second-order valence-electron chi connectivity index (χ2n) is 4.28. The molecule has 0 atom stereocenters. The normalized spacial score (nSPS) is 10.9. The molecule has 18 heavy (non-hydrogen) atoms. The molecular weight excluding hydrogens is 250 g/mol. The lowest BCUT2D eigenvalue weighted by Gasteiger charge is -2.10. The highest BCUT2D eigenvalue weighted by Gasteiger charge is 2.08. The van der Waals surface area contributed by atoms with E-state index in [0.29, 0.717) is 12.5 Å². The summed E-state index contributed by atoms with van der Waals surface area (Å²) in [7, 11) is 0. The molecule has 0 unspecified atom stereocenters. The van der Waals surface area contributed by atoms with E-state index >= 15 is 0 Å². The summed E-state index contributed by atoms with van der Waals surface area (Å²) in [5, 5.41) is 4.17. The van der Waals surface area contributed by atoms with Crippen LogP contribution in [0.2, 0.25) is 0 Å². The minimum atomic E-state index is 0.278. The molecule has 0 amide bonds. The Morgan fingerprint density at radius 1 is 1.39 bits per heavy atom. The minimum Gasteiger partial charge on any atom is -0.486 e. The van der Waals surface area contributed by atoms with E-state index in [9.17, 15) is 0 Å². The lowest BCUT2D eigenvalue weighted by Crippen LogP contribution is -2.10. The van der Waals surface area contributed by atoms with Gasteiger partial charge in [0.05, 0.1) is 0 Å². The first-order valence-corrected chi connectivity index (χ1v) is 6.40. The predicted octanol–water partition coefficient (Wildman–Crippen LogP) is 3.18. The third kappa shape index (κ3) is 3.01. The van der Waals surface area contributed by atoms with E-state index < -0.39 is 0 Å². The standard InChI is InChI=1S/C13H16ClN3O/c1-10(2)17-13(15-9-16-17)8-18-12-5-3-4-11(6-12)7-14/h3-6,9-10H,7-8H2,1-2H3. The maximum absolute atomic E-state index is 5.78. The fraction of sp³-hybridized carbons (Fsp3) is 0.385. The lowest BCUT2D eigenvalue weighted by atomic mass is 10.2. The Morgan fingerprint density at radius 2 is 2.22 bits per heavy atom. The topological polar surface area (TPSA) is 39.9 Å². The van der Waals surface area contributed by atoms with Crippen LogP contribution in [-0.4, -0.2) is 14.8 Å². The third-order valence-electron chi connectivity index (χ3n) is 2.56. The summed E-state index contributed by atoms with van der Waals surface area (Å²) in [5.74, 6) is 2.10. The van der Waals surface area contributed by atoms with Crippen molar-refractivity contribution in [2.45, 2.75) is 32.4 Å². The predicted molar refractivity (Wildman–Crippen MR) is 70.7 cm³/mol. The van der Waals surface area contributed by atoms with Gasteiger partial charge >= 0.3 is 0 Å². The molecule has 0 bridgehead atoms. The van der Waals surface area contributed by atoms with Gasteiger partial charge in [-0.15, -0.1) is 11.6 Å². The molecule has 2 rings (SSSR count). The van der Waals surface area contributed by atoms with Crippen LogP contribution in [0.3, 0.4) is 0 Å². The summed E-state index contributed by atoms with van der Waals surface area (Å²) >= 11 is 5.78. The summed E-state index contributed by atoms with van der Waals surface area (Å²) < 4.78 is 7.55. The smallest absolute Gasteiger partial charge is 0.165 e. The van der Waals surface area contributed by atoms with Crippen LogP contribution in [0.4, 0.5) is 0 Å². The van der Waals surface area contributed by atoms with Gasteiger partial charge in [0.2, 0.25) is 0 Å². The number of alkyl halides is 1. The molecule has 0 radical (unpaired) electrons. The Morgan fingerprint density at radius 3 is 2.94 bits per heavy atom. The van der Waals surface area contributed by atoms with Crippen LogP contribution in [-0.2, 0) is 12.5 Å². The van der Waals surface area contributed by atoms with Gasteiger partial charge in [-0.05, 0) is 31.5 Å². The van der Waals surface area contributed by atoms with Crippen LogP contribution in [0, 0.1) is 0 Å². The molecule has 0 N–H and O–H groups in total. The maximum atomic E-state index is 5.78. The fourth-order valence-corrected chi connectivity index (χ4v) is 1.84. The van der Waals surface area contributed by atoms with Gasteiger partial charge in [0.15, 0.2) is 5.82 Å². The Hall–Kier alpha value is -1.55. The molecule has 0 spiro atoms. The van der Waals surface area contributed by atoms with Crippen molar-refractivity contribution in [1.29, 1.82) is 0 Å². The summed E-state index contributed by atoms with van der Waals surface area (Å²) in [6.07, 6.45) is 1.55. The molecule has 96 valence electrons. The van der Waals surface area contributed by atoms with Crippen LogP contribution in [0.25, 0.3) is 0 Å². The van der Waals surface area contributed by atoms with E-state index in [2.05, 4.69) is 23.9 Å². The molecule has 0 aliphatic rings. The Balaban J connectivity index is 2.04. The van der Waals surface area contributed by atoms with E-state index in [4.69, 9.17) is 16.3 Å². The van der Waals surface area contributed by atoms with E-state index in [1.807, 2.05) is 28.9 Å². The first-order valence-electron chi connectivity index (χ1n) is 5.87. The van der Waals surface area contributed by atoms with Gasteiger partial charge in [0.1, 0.15) is 18.7 Å². The van der Waals surface area contributed by atoms with Gasteiger partial charge in [-0.3, -0.25) is 0 Å². The molecule has 1 heterocycles. The van der Waals surface area contributed by atoms with Gasteiger partial charge in [0.25, 0.3) is 0 Å². The minimum absolute atomic E-state index is 0.278. The molecule has 1 aromatic heterocycles. The number of hydrogen-bond acceptors (Lipinski definition) is 3. The Bertz CT molecular complexity index is 510. The average Bonchev–Trinajstić information content (AvgIpc) is 2.85. The van der Waals surface area contributed by atoms with Gasteiger partial charge in [0, 0.05) is 11.9 Å².